The van der Waals surface area contributed by atoms with Crippen molar-refractivity contribution in [2.75, 3.05) is 11.1 Å². The van der Waals surface area contributed by atoms with Crippen LogP contribution in [-0.2, 0) is 4.79 Å². The Balaban J connectivity index is 1.90. The average molecular weight is 295 g/mol. The first-order chi connectivity index (χ1) is 9.52. The van der Waals surface area contributed by atoms with E-state index in [9.17, 15) is 13.6 Å². The summed E-state index contributed by atoms with van der Waals surface area (Å²) < 4.78 is 25.9. The number of halogens is 2. The summed E-state index contributed by atoms with van der Waals surface area (Å²) in [6.07, 6.45) is 0. The van der Waals surface area contributed by atoms with Gasteiger partial charge in [0.1, 0.15) is 17.4 Å². The predicted octanol–water partition coefficient (Wildman–Crippen LogP) is 3.40. The first-order valence-corrected chi connectivity index (χ1v) is 6.69. The monoisotopic (exact) mass is 295 g/mol. The number of carbonyl (C=O) groups excluding carboxylic acids is 1. The van der Waals surface area contributed by atoms with E-state index in [2.05, 4.69) is 5.32 Å². The van der Waals surface area contributed by atoms with Crippen molar-refractivity contribution in [2.45, 2.75) is 4.90 Å². The minimum Gasteiger partial charge on any atom is -0.508 e. The number of rotatable bonds is 4. The second kappa shape index (κ2) is 6.38. The maximum absolute atomic E-state index is 12.9. The molecule has 0 heterocycles. The molecule has 0 aliphatic heterocycles. The Labute approximate surface area is 118 Å². The van der Waals surface area contributed by atoms with Crippen LogP contribution < -0.4 is 5.32 Å². The van der Waals surface area contributed by atoms with E-state index in [0.717, 1.165) is 23.1 Å². The first-order valence-electron chi connectivity index (χ1n) is 5.71. The van der Waals surface area contributed by atoms with Crippen LogP contribution in [0.15, 0.2) is 47.4 Å². The van der Waals surface area contributed by atoms with Gasteiger partial charge in [0.25, 0.3) is 0 Å². The van der Waals surface area contributed by atoms with Crippen LogP contribution in [0.2, 0.25) is 0 Å². The number of nitrogens with one attached hydrogen (secondary N) is 1. The van der Waals surface area contributed by atoms with Gasteiger partial charge < -0.3 is 10.4 Å². The van der Waals surface area contributed by atoms with Crippen LogP contribution >= 0.6 is 11.8 Å². The molecule has 0 aromatic heterocycles. The largest absolute Gasteiger partial charge is 0.508 e. The Hall–Kier alpha value is -2.08. The molecule has 0 radical (unpaired) electrons. The van der Waals surface area contributed by atoms with Gasteiger partial charge in [-0.05, 0) is 36.4 Å². The highest BCUT2D eigenvalue weighted by Gasteiger charge is 2.06. The Morgan fingerprint density at radius 3 is 2.30 bits per heavy atom. The Morgan fingerprint density at radius 1 is 1.10 bits per heavy atom. The lowest BCUT2D eigenvalue weighted by Gasteiger charge is -2.05. The summed E-state index contributed by atoms with van der Waals surface area (Å²) >= 11 is 1.25. The number of benzene rings is 2. The van der Waals surface area contributed by atoms with Gasteiger partial charge in [-0.1, -0.05) is 0 Å². The van der Waals surface area contributed by atoms with Crippen molar-refractivity contribution >= 4 is 23.4 Å². The molecule has 0 aliphatic carbocycles. The van der Waals surface area contributed by atoms with E-state index in [0.29, 0.717) is 0 Å². The molecular formula is C14H11F2NO2S. The Bertz CT molecular complexity index is 597. The second-order valence-corrected chi connectivity index (χ2v) is 5.04. The summed E-state index contributed by atoms with van der Waals surface area (Å²) in [5.74, 6) is -1.61. The Kier molecular flexibility index (Phi) is 4.57. The van der Waals surface area contributed by atoms with Gasteiger partial charge in [-0.3, -0.25) is 4.79 Å². The van der Waals surface area contributed by atoms with Gasteiger partial charge in [0.15, 0.2) is 0 Å². The number of phenols is 1. The minimum absolute atomic E-state index is 0.0822. The van der Waals surface area contributed by atoms with Crippen LogP contribution in [0.3, 0.4) is 0 Å². The highest BCUT2D eigenvalue weighted by molar-refractivity contribution is 8.00. The smallest absolute Gasteiger partial charge is 0.234 e. The van der Waals surface area contributed by atoms with Gasteiger partial charge in [-0.15, -0.1) is 11.8 Å². The highest BCUT2D eigenvalue weighted by atomic mass is 32.2. The lowest BCUT2D eigenvalue weighted by atomic mass is 10.3. The van der Waals surface area contributed by atoms with Gasteiger partial charge in [0.05, 0.1) is 5.75 Å². The topological polar surface area (TPSA) is 49.3 Å². The van der Waals surface area contributed by atoms with Crippen LogP contribution in [0.1, 0.15) is 0 Å². The molecule has 0 bridgehead atoms. The molecule has 2 rings (SSSR count). The van der Waals surface area contributed by atoms with E-state index in [1.165, 1.54) is 23.9 Å². The number of anilines is 1. The summed E-state index contributed by atoms with van der Waals surface area (Å²) in [5.41, 5.74) is 0.0822. The molecule has 2 aromatic carbocycles. The summed E-state index contributed by atoms with van der Waals surface area (Å²) in [5, 5.41) is 11.5. The molecule has 104 valence electrons. The molecule has 0 atom stereocenters. The maximum atomic E-state index is 12.9. The van der Waals surface area contributed by atoms with Gasteiger partial charge in [-0.2, -0.15) is 0 Å². The molecule has 1 amide bonds. The van der Waals surface area contributed by atoms with Crippen molar-refractivity contribution in [3.63, 3.8) is 0 Å². The number of thioether (sulfide) groups is 1. The molecule has 0 fully saturated rings. The molecule has 0 spiro atoms. The predicted molar refractivity (Wildman–Crippen MR) is 73.8 cm³/mol. The fraction of sp³-hybridized carbons (Fsp3) is 0.0714. The van der Waals surface area contributed by atoms with Gasteiger partial charge >= 0.3 is 0 Å². The zero-order chi connectivity index (χ0) is 14.5. The molecule has 0 saturated carbocycles. The Morgan fingerprint density at radius 2 is 1.70 bits per heavy atom. The second-order valence-electron chi connectivity index (χ2n) is 3.99. The summed E-state index contributed by atoms with van der Waals surface area (Å²) in [4.78, 5) is 12.5. The highest BCUT2D eigenvalue weighted by Crippen LogP contribution is 2.21. The number of hydrogen-bond donors (Lipinski definition) is 2. The third kappa shape index (κ3) is 4.24. The van der Waals surface area contributed by atoms with Gasteiger partial charge in [0, 0.05) is 16.6 Å². The van der Waals surface area contributed by atoms with Crippen LogP contribution in [0, 0.1) is 11.6 Å². The molecule has 6 heteroatoms. The fourth-order valence-corrected chi connectivity index (χ4v) is 2.21. The van der Waals surface area contributed by atoms with Crippen molar-refractivity contribution < 1.29 is 18.7 Å². The minimum atomic E-state index is -0.744. The molecule has 0 aliphatic rings. The number of carbonyl (C=O) groups is 1. The van der Waals surface area contributed by atoms with E-state index in [4.69, 9.17) is 5.11 Å². The van der Waals surface area contributed by atoms with E-state index in [-0.39, 0.29) is 23.1 Å². The average Bonchev–Trinajstić information content (AvgIpc) is 2.37. The third-order valence-corrected chi connectivity index (χ3v) is 3.36. The lowest BCUT2D eigenvalue weighted by molar-refractivity contribution is -0.113. The molecular weight excluding hydrogens is 284 g/mol. The zero-order valence-corrected chi connectivity index (χ0v) is 11.1. The molecule has 2 aromatic rings. The van der Waals surface area contributed by atoms with Crippen LogP contribution in [0.25, 0.3) is 0 Å². The normalized spacial score (nSPS) is 10.3. The van der Waals surface area contributed by atoms with E-state index < -0.39 is 11.6 Å². The summed E-state index contributed by atoms with van der Waals surface area (Å²) in [6.45, 7) is 0. The SMILES string of the molecule is O=C(CSc1ccc(O)cc1)Nc1cc(F)cc(F)c1. The maximum Gasteiger partial charge on any atom is 0.234 e. The van der Waals surface area contributed by atoms with Crippen molar-refractivity contribution in [3.05, 3.63) is 54.1 Å². The van der Waals surface area contributed by atoms with E-state index >= 15 is 0 Å². The standard InChI is InChI=1S/C14H11F2NO2S/c15-9-5-10(16)7-11(6-9)17-14(19)8-20-13-3-1-12(18)2-4-13/h1-7,18H,8H2,(H,17,19). The summed E-state index contributed by atoms with van der Waals surface area (Å²) in [6, 6.07) is 9.22. The van der Waals surface area contributed by atoms with Crippen LogP contribution in [-0.4, -0.2) is 16.8 Å². The van der Waals surface area contributed by atoms with Crippen molar-refractivity contribution in [3.8, 4) is 5.75 Å². The number of hydrogen-bond acceptors (Lipinski definition) is 3. The molecule has 0 unspecified atom stereocenters. The van der Waals surface area contributed by atoms with Crippen molar-refractivity contribution in [2.24, 2.45) is 0 Å². The zero-order valence-electron chi connectivity index (χ0n) is 10.3. The number of phenolic OH excluding ortho intramolecular Hbond substituents is 1. The molecule has 0 saturated heterocycles. The molecule has 3 nitrogen and oxygen atoms in total. The third-order valence-electron chi connectivity index (χ3n) is 2.35. The number of aromatic hydroxyl groups is 1. The quantitative estimate of drug-likeness (QED) is 0.850. The van der Waals surface area contributed by atoms with E-state index in [1.807, 2.05) is 0 Å². The summed E-state index contributed by atoms with van der Waals surface area (Å²) in [7, 11) is 0. The van der Waals surface area contributed by atoms with Crippen molar-refractivity contribution in [1.29, 1.82) is 0 Å². The van der Waals surface area contributed by atoms with Crippen LogP contribution in [0.5, 0.6) is 5.75 Å². The fourth-order valence-electron chi connectivity index (χ4n) is 1.51. The van der Waals surface area contributed by atoms with Crippen LogP contribution in [0.4, 0.5) is 14.5 Å². The molecule has 20 heavy (non-hydrogen) atoms. The lowest BCUT2D eigenvalue weighted by Crippen LogP contribution is -2.14. The van der Waals surface area contributed by atoms with Gasteiger partial charge in [0.2, 0.25) is 5.91 Å². The number of amides is 1. The van der Waals surface area contributed by atoms with Gasteiger partial charge in [-0.25, -0.2) is 8.78 Å². The van der Waals surface area contributed by atoms with Crippen molar-refractivity contribution in [1.82, 2.24) is 0 Å². The molecule has 2 N–H and O–H groups in total. The van der Waals surface area contributed by atoms with E-state index in [1.54, 1.807) is 12.1 Å². The first kappa shape index (κ1) is 14.3.